The smallest absolute Gasteiger partial charge is 0.323 e. The van der Waals surface area contributed by atoms with Crippen LogP contribution in [0.15, 0.2) is 53.4 Å². The summed E-state index contributed by atoms with van der Waals surface area (Å²) < 4.78 is 6.02. The van der Waals surface area contributed by atoms with E-state index >= 15 is 0 Å². The van der Waals surface area contributed by atoms with E-state index in [9.17, 15) is 9.59 Å². The van der Waals surface area contributed by atoms with Crippen LogP contribution in [0.4, 0.5) is 0 Å². The largest absolute Gasteiger partial charge is 0.489 e. The van der Waals surface area contributed by atoms with E-state index in [1.54, 1.807) is 24.3 Å². The predicted molar refractivity (Wildman–Crippen MR) is 110 cm³/mol. The van der Waals surface area contributed by atoms with Gasteiger partial charge in [-0.25, -0.2) is 0 Å². The number of hydrogen-bond acceptors (Lipinski definition) is 5. The van der Waals surface area contributed by atoms with Gasteiger partial charge in [-0.3, -0.25) is 14.5 Å². The summed E-state index contributed by atoms with van der Waals surface area (Å²) >= 11 is 12.0. The van der Waals surface area contributed by atoms with Gasteiger partial charge in [0.05, 0.1) is 4.91 Å². The number of carbonyl (C=O) groups excluding carboxylic acids is 1. The Morgan fingerprint density at radius 2 is 2.00 bits per heavy atom. The van der Waals surface area contributed by atoms with Crippen molar-refractivity contribution in [3.8, 4) is 5.75 Å². The molecule has 1 saturated heterocycles. The molecule has 0 saturated carbocycles. The molecule has 1 fully saturated rings. The molecular formula is C19H14ClNO4S2. The number of thiocarbonyl (C=S) groups is 1. The van der Waals surface area contributed by atoms with Crippen molar-refractivity contribution in [1.29, 1.82) is 0 Å². The highest BCUT2D eigenvalue weighted by atomic mass is 35.5. The molecule has 1 heterocycles. The first-order valence-electron chi connectivity index (χ1n) is 7.87. The average molecular weight is 420 g/mol. The highest BCUT2D eigenvalue weighted by Gasteiger charge is 2.33. The lowest BCUT2D eigenvalue weighted by Crippen LogP contribution is -2.33. The molecule has 27 heavy (non-hydrogen) atoms. The highest BCUT2D eigenvalue weighted by Crippen LogP contribution is 2.32. The van der Waals surface area contributed by atoms with Crippen molar-refractivity contribution in [2.75, 3.05) is 6.54 Å². The fourth-order valence-corrected chi connectivity index (χ4v) is 3.75. The number of carbonyl (C=O) groups is 2. The van der Waals surface area contributed by atoms with Crippen molar-refractivity contribution in [1.82, 2.24) is 4.90 Å². The molecule has 5 nitrogen and oxygen atoms in total. The maximum Gasteiger partial charge on any atom is 0.323 e. The molecule has 1 N–H and O–H groups in total. The van der Waals surface area contributed by atoms with E-state index in [-0.39, 0.29) is 4.32 Å². The summed E-state index contributed by atoms with van der Waals surface area (Å²) in [6.07, 6.45) is 1.68. The number of halogens is 1. The van der Waals surface area contributed by atoms with Gasteiger partial charge in [-0.15, -0.1) is 0 Å². The molecule has 138 valence electrons. The van der Waals surface area contributed by atoms with Crippen molar-refractivity contribution in [2.45, 2.75) is 6.61 Å². The monoisotopic (exact) mass is 419 g/mol. The third kappa shape index (κ3) is 5.09. The maximum absolute atomic E-state index is 12.3. The number of hydrogen-bond donors (Lipinski definition) is 1. The fourth-order valence-electron chi connectivity index (χ4n) is 2.36. The van der Waals surface area contributed by atoms with Gasteiger partial charge in [0.2, 0.25) is 0 Å². The van der Waals surface area contributed by atoms with Crippen LogP contribution in [0.3, 0.4) is 0 Å². The van der Waals surface area contributed by atoms with Crippen LogP contribution >= 0.6 is 35.6 Å². The lowest BCUT2D eigenvalue weighted by molar-refractivity contribution is -0.140. The first kappa shape index (κ1) is 19.4. The van der Waals surface area contributed by atoms with Crippen LogP contribution in [0, 0.1) is 0 Å². The van der Waals surface area contributed by atoms with E-state index in [1.165, 1.54) is 0 Å². The Hall–Kier alpha value is -2.35. The third-order valence-electron chi connectivity index (χ3n) is 3.64. The van der Waals surface area contributed by atoms with Crippen LogP contribution in [0.1, 0.15) is 11.1 Å². The van der Waals surface area contributed by atoms with Gasteiger partial charge in [0, 0.05) is 5.02 Å². The standard InChI is InChI=1S/C19H14ClNO4S2/c20-14-6-4-12(5-7-14)11-25-15-3-1-2-13(8-15)9-16-18(24)21(10-17(22)23)19(26)27-16/h1-9H,10-11H2,(H,22,23). The molecular weight excluding hydrogens is 406 g/mol. The second-order valence-corrected chi connectivity index (χ2v) is 7.76. The van der Waals surface area contributed by atoms with Gasteiger partial charge < -0.3 is 9.84 Å². The fraction of sp³-hybridized carbons (Fsp3) is 0.105. The zero-order chi connectivity index (χ0) is 19.4. The number of ether oxygens (including phenoxy) is 1. The molecule has 0 aliphatic carbocycles. The quantitative estimate of drug-likeness (QED) is 0.559. The summed E-state index contributed by atoms with van der Waals surface area (Å²) in [5, 5.41) is 9.55. The van der Waals surface area contributed by atoms with Crippen LogP contribution in [0.5, 0.6) is 5.75 Å². The van der Waals surface area contributed by atoms with Crippen LogP contribution in [0.25, 0.3) is 6.08 Å². The minimum absolute atomic E-state index is 0.240. The van der Waals surface area contributed by atoms with Gasteiger partial charge in [0.25, 0.3) is 5.91 Å². The van der Waals surface area contributed by atoms with Crippen molar-refractivity contribution in [3.63, 3.8) is 0 Å². The summed E-state index contributed by atoms with van der Waals surface area (Å²) in [7, 11) is 0. The molecule has 2 aromatic carbocycles. The Morgan fingerprint density at radius 3 is 2.70 bits per heavy atom. The van der Waals surface area contributed by atoms with Crippen LogP contribution in [0.2, 0.25) is 5.02 Å². The lowest BCUT2D eigenvalue weighted by atomic mass is 10.2. The molecule has 0 atom stereocenters. The molecule has 2 aromatic rings. The van der Waals surface area contributed by atoms with Gasteiger partial charge in [-0.05, 0) is 41.5 Å². The lowest BCUT2D eigenvalue weighted by Gasteiger charge is -2.10. The summed E-state index contributed by atoms with van der Waals surface area (Å²) in [6.45, 7) is -0.0480. The highest BCUT2D eigenvalue weighted by molar-refractivity contribution is 8.26. The summed E-state index contributed by atoms with van der Waals surface area (Å²) in [6, 6.07) is 14.7. The number of carboxylic acids is 1. The van der Waals surface area contributed by atoms with Crippen molar-refractivity contribution < 1.29 is 19.4 Å². The number of amides is 1. The van der Waals surface area contributed by atoms with E-state index < -0.39 is 18.4 Å². The van der Waals surface area contributed by atoms with Crippen molar-refractivity contribution in [3.05, 3.63) is 69.6 Å². The minimum Gasteiger partial charge on any atom is -0.489 e. The summed E-state index contributed by atoms with van der Waals surface area (Å²) in [4.78, 5) is 24.6. The Balaban J connectivity index is 1.71. The molecule has 0 spiro atoms. The molecule has 1 aliphatic heterocycles. The summed E-state index contributed by atoms with van der Waals surface area (Å²) in [5.74, 6) is -0.857. The number of carboxylic acid groups (broad SMARTS) is 1. The maximum atomic E-state index is 12.3. The summed E-state index contributed by atoms with van der Waals surface area (Å²) in [5.41, 5.74) is 1.75. The Kier molecular flexibility index (Phi) is 6.15. The SMILES string of the molecule is O=C(O)CN1C(=O)C(=Cc2cccc(OCc3ccc(Cl)cc3)c2)SC1=S. The average Bonchev–Trinajstić information content (AvgIpc) is 2.89. The van der Waals surface area contributed by atoms with E-state index in [4.69, 9.17) is 33.7 Å². The molecule has 1 amide bonds. The van der Waals surface area contributed by atoms with Gasteiger partial charge in [0.15, 0.2) is 0 Å². The van der Waals surface area contributed by atoms with Gasteiger partial charge >= 0.3 is 5.97 Å². The van der Waals surface area contributed by atoms with Crippen LogP contribution in [-0.4, -0.2) is 32.7 Å². The van der Waals surface area contributed by atoms with Gasteiger partial charge in [-0.2, -0.15) is 0 Å². The van der Waals surface area contributed by atoms with E-state index in [2.05, 4.69) is 0 Å². The molecule has 0 radical (unpaired) electrons. The van der Waals surface area contributed by atoms with Gasteiger partial charge in [-0.1, -0.05) is 59.8 Å². The molecule has 3 rings (SSSR count). The molecule has 8 heteroatoms. The second-order valence-electron chi connectivity index (χ2n) is 5.65. The zero-order valence-electron chi connectivity index (χ0n) is 13.9. The number of aliphatic carboxylic acids is 1. The topological polar surface area (TPSA) is 66.8 Å². The molecule has 0 unspecified atom stereocenters. The predicted octanol–water partition coefficient (Wildman–Crippen LogP) is 4.20. The van der Waals surface area contributed by atoms with Crippen molar-refractivity contribution in [2.24, 2.45) is 0 Å². The molecule has 0 aromatic heterocycles. The van der Waals surface area contributed by atoms with E-state index in [0.29, 0.717) is 22.3 Å². The van der Waals surface area contributed by atoms with Crippen LogP contribution < -0.4 is 4.74 Å². The zero-order valence-corrected chi connectivity index (χ0v) is 16.3. The Morgan fingerprint density at radius 1 is 1.26 bits per heavy atom. The minimum atomic E-state index is -1.11. The third-order valence-corrected chi connectivity index (χ3v) is 5.27. The van der Waals surface area contributed by atoms with E-state index in [0.717, 1.165) is 27.8 Å². The Bertz CT molecular complexity index is 928. The van der Waals surface area contributed by atoms with Crippen LogP contribution in [-0.2, 0) is 16.2 Å². The van der Waals surface area contributed by atoms with Gasteiger partial charge in [0.1, 0.15) is 23.2 Å². The number of nitrogens with zero attached hydrogens (tertiary/aromatic N) is 1. The first-order chi connectivity index (χ1) is 12.9. The Labute approximate surface area is 170 Å². The number of thioether (sulfide) groups is 1. The second kappa shape index (κ2) is 8.56. The normalized spacial score (nSPS) is 15.4. The van der Waals surface area contributed by atoms with E-state index in [1.807, 2.05) is 30.3 Å². The first-order valence-corrected chi connectivity index (χ1v) is 9.47. The molecule has 0 bridgehead atoms. The number of rotatable bonds is 6. The number of benzene rings is 2. The molecule has 1 aliphatic rings. The van der Waals surface area contributed by atoms with Crippen molar-refractivity contribution >= 4 is 57.9 Å².